The zero-order valence-corrected chi connectivity index (χ0v) is 12.2. The molecule has 2 aromatic rings. The van der Waals surface area contributed by atoms with Gasteiger partial charge in [-0.25, -0.2) is 9.78 Å². The molecule has 0 atom stereocenters. The molecule has 0 spiro atoms. The zero-order valence-electron chi connectivity index (χ0n) is 11.4. The van der Waals surface area contributed by atoms with E-state index in [9.17, 15) is 9.59 Å². The smallest absolute Gasteiger partial charge is 0.357 e. The molecule has 0 radical (unpaired) electrons. The summed E-state index contributed by atoms with van der Waals surface area (Å²) in [5, 5.41) is 2.71. The highest BCUT2D eigenvalue weighted by atomic mass is 32.2. The van der Waals surface area contributed by atoms with Gasteiger partial charge in [-0.15, -0.1) is 11.8 Å². The third-order valence-corrected chi connectivity index (χ3v) is 3.39. The fourth-order valence-corrected chi connectivity index (χ4v) is 2.18. The van der Waals surface area contributed by atoms with Gasteiger partial charge in [0.2, 0.25) is 0 Å². The number of benzene rings is 1. The van der Waals surface area contributed by atoms with Gasteiger partial charge in [0, 0.05) is 11.1 Å². The van der Waals surface area contributed by atoms with Crippen LogP contribution in [0.4, 0.5) is 5.69 Å². The van der Waals surface area contributed by atoms with E-state index in [1.54, 1.807) is 18.2 Å². The topological polar surface area (TPSA) is 68.3 Å². The lowest BCUT2D eigenvalue weighted by Gasteiger charge is -2.09. The van der Waals surface area contributed by atoms with Gasteiger partial charge in [0.05, 0.1) is 5.69 Å². The molecule has 1 aromatic heterocycles. The number of ether oxygens (including phenoxy) is 1. The Hall–Kier alpha value is -2.34. The molecule has 1 heterocycles. The van der Waals surface area contributed by atoms with Gasteiger partial charge in [0.25, 0.3) is 5.91 Å². The van der Waals surface area contributed by atoms with Crippen molar-refractivity contribution in [1.82, 2.24) is 4.98 Å². The molecule has 1 amide bonds. The molecule has 0 bridgehead atoms. The van der Waals surface area contributed by atoms with Crippen LogP contribution in [-0.2, 0) is 9.53 Å². The number of rotatable bonds is 5. The monoisotopic (exact) mass is 302 g/mol. The maximum absolute atomic E-state index is 11.8. The average Bonchev–Trinajstić information content (AvgIpc) is 2.54. The summed E-state index contributed by atoms with van der Waals surface area (Å²) in [4.78, 5) is 28.3. The van der Waals surface area contributed by atoms with Gasteiger partial charge >= 0.3 is 5.97 Å². The maximum Gasteiger partial charge on any atom is 0.357 e. The molecular formula is C15H14N2O3S. The van der Waals surface area contributed by atoms with E-state index in [2.05, 4.69) is 10.3 Å². The average molecular weight is 302 g/mol. The summed E-state index contributed by atoms with van der Waals surface area (Å²) in [7, 11) is 0. The fourth-order valence-electron chi connectivity index (χ4n) is 1.62. The summed E-state index contributed by atoms with van der Waals surface area (Å²) in [6, 6.07) is 12.3. The predicted octanol–water partition coefficient (Wildman–Crippen LogP) is 2.60. The van der Waals surface area contributed by atoms with Crippen molar-refractivity contribution in [3.63, 3.8) is 0 Å². The third-order valence-electron chi connectivity index (χ3n) is 2.59. The Bertz CT molecular complexity index is 632. The van der Waals surface area contributed by atoms with Crippen molar-refractivity contribution in [2.45, 2.75) is 4.90 Å². The second-order valence-corrected chi connectivity index (χ2v) is 4.89. The van der Waals surface area contributed by atoms with Gasteiger partial charge in [0.1, 0.15) is 5.69 Å². The molecular weight excluding hydrogens is 288 g/mol. The number of anilines is 1. The highest BCUT2D eigenvalue weighted by Crippen LogP contribution is 2.24. The molecule has 0 saturated heterocycles. The van der Waals surface area contributed by atoms with Crippen molar-refractivity contribution >= 4 is 29.3 Å². The minimum atomic E-state index is -0.621. The zero-order chi connectivity index (χ0) is 15.1. The van der Waals surface area contributed by atoms with Crippen molar-refractivity contribution in [1.29, 1.82) is 0 Å². The number of para-hydroxylation sites is 1. The number of nitrogens with zero attached hydrogens (tertiary/aromatic N) is 1. The molecule has 0 aliphatic rings. The predicted molar refractivity (Wildman–Crippen MR) is 81.4 cm³/mol. The largest absolute Gasteiger partial charge is 0.451 e. The number of nitrogens with one attached hydrogen (secondary N) is 1. The first-order valence-electron chi connectivity index (χ1n) is 6.21. The van der Waals surface area contributed by atoms with E-state index < -0.39 is 5.97 Å². The van der Waals surface area contributed by atoms with E-state index >= 15 is 0 Å². The van der Waals surface area contributed by atoms with Crippen LogP contribution >= 0.6 is 11.8 Å². The van der Waals surface area contributed by atoms with Crippen LogP contribution in [-0.4, -0.2) is 29.7 Å². The number of pyridine rings is 1. The van der Waals surface area contributed by atoms with E-state index in [1.807, 2.05) is 24.5 Å². The first-order valence-corrected chi connectivity index (χ1v) is 7.44. The van der Waals surface area contributed by atoms with Crippen molar-refractivity contribution in [2.24, 2.45) is 0 Å². The first-order chi connectivity index (χ1) is 10.2. The number of hydrogen-bond acceptors (Lipinski definition) is 5. The second kappa shape index (κ2) is 7.44. The first kappa shape index (κ1) is 15.1. The Labute approximate surface area is 126 Å². The van der Waals surface area contributed by atoms with E-state index in [1.165, 1.54) is 24.0 Å². The Morgan fingerprint density at radius 1 is 1.19 bits per heavy atom. The van der Waals surface area contributed by atoms with Gasteiger partial charge in [-0.1, -0.05) is 18.2 Å². The maximum atomic E-state index is 11.8. The number of carbonyl (C=O) groups excluding carboxylic acids is 2. The summed E-state index contributed by atoms with van der Waals surface area (Å²) in [6.07, 6.45) is 3.41. The highest BCUT2D eigenvalue weighted by molar-refractivity contribution is 7.98. The molecule has 1 aromatic carbocycles. The molecule has 2 rings (SSSR count). The van der Waals surface area contributed by atoms with Crippen LogP contribution in [0.2, 0.25) is 0 Å². The molecule has 0 saturated carbocycles. The Kier molecular flexibility index (Phi) is 5.34. The molecule has 0 fully saturated rings. The summed E-state index contributed by atoms with van der Waals surface area (Å²) >= 11 is 1.53. The van der Waals surface area contributed by atoms with Crippen LogP contribution < -0.4 is 5.32 Å². The quantitative estimate of drug-likeness (QED) is 0.679. The number of amides is 1. The SMILES string of the molecule is CSc1ccccc1NC(=O)COC(=O)c1ccccn1. The summed E-state index contributed by atoms with van der Waals surface area (Å²) < 4.78 is 4.92. The standard InChI is InChI=1S/C15H14N2O3S/c1-21-13-8-3-2-6-11(13)17-14(18)10-20-15(19)12-7-4-5-9-16-12/h2-9H,10H2,1H3,(H,17,18). The number of esters is 1. The van der Waals surface area contributed by atoms with Crippen LogP contribution in [0.1, 0.15) is 10.5 Å². The van der Waals surface area contributed by atoms with Gasteiger partial charge in [-0.05, 0) is 30.5 Å². The summed E-state index contributed by atoms with van der Waals surface area (Å²) in [5.41, 5.74) is 0.874. The lowest BCUT2D eigenvalue weighted by atomic mass is 10.3. The van der Waals surface area contributed by atoms with Crippen LogP contribution in [0.15, 0.2) is 53.6 Å². The molecule has 5 nitrogen and oxygen atoms in total. The summed E-state index contributed by atoms with van der Waals surface area (Å²) in [5.74, 6) is -1.01. The normalized spacial score (nSPS) is 9.95. The number of carbonyl (C=O) groups is 2. The molecule has 6 heteroatoms. The van der Waals surface area contributed by atoms with Crippen molar-refractivity contribution in [3.8, 4) is 0 Å². The minimum absolute atomic E-state index is 0.176. The Morgan fingerprint density at radius 3 is 2.67 bits per heavy atom. The van der Waals surface area contributed by atoms with E-state index in [4.69, 9.17) is 4.74 Å². The van der Waals surface area contributed by atoms with Gasteiger partial charge in [-0.2, -0.15) is 0 Å². The molecule has 1 N–H and O–H groups in total. The van der Waals surface area contributed by atoms with Crippen molar-refractivity contribution in [3.05, 3.63) is 54.4 Å². The van der Waals surface area contributed by atoms with E-state index in [-0.39, 0.29) is 18.2 Å². The number of thioether (sulfide) groups is 1. The minimum Gasteiger partial charge on any atom is -0.451 e. The lowest BCUT2D eigenvalue weighted by Crippen LogP contribution is -2.21. The highest BCUT2D eigenvalue weighted by Gasteiger charge is 2.11. The molecule has 21 heavy (non-hydrogen) atoms. The van der Waals surface area contributed by atoms with Crippen molar-refractivity contribution in [2.75, 3.05) is 18.2 Å². The van der Waals surface area contributed by atoms with Crippen LogP contribution in [0, 0.1) is 0 Å². The number of aromatic nitrogens is 1. The molecule has 0 aliphatic carbocycles. The second-order valence-electron chi connectivity index (χ2n) is 4.04. The van der Waals surface area contributed by atoms with Gasteiger partial charge in [0.15, 0.2) is 6.61 Å². The molecule has 108 valence electrons. The summed E-state index contributed by atoms with van der Waals surface area (Å²) in [6.45, 7) is -0.349. The molecule has 0 unspecified atom stereocenters. The van der Waals surface area contributed by atoms with Crippen LogP contribution in [0.5, 0.6) is 0 Å². The van der Waals surface area contributed by atoms with Gasteiger partial charge < -0.3 is 10.1 Å². The van der Waals surface area contributed by atoms with Crippen molar-refractivity contribution < 1.29 is 14.3 Å². The Morgan fingerprint density at radius 2 is 1.95 bits per heavy atom. The van der Waals surface area contributed by atoms with Crippen LogP contribution in [0.25, 0.3) is 0 Å². The van der Waals surface area contributed by atoms with E-state index in [0.29, 0.717) is 5.69 Å². The lowest BCUT2D eigenvalue weighted by molar-refractivity contribution is -0.119. The molecule has 0 aliphatic heterocycles. The van der Waals surface area contributed by atoms with E-state index in [0.717, 1.165) is 4.90 Å². The fraction of sp³-hybridized carbons (Fsp3) is 0.133. The van der Waals surface area contributed by atoms with Crippen LogP contribution in [0.3, 0.4) is 0 Å². The third kappa shape index (κ3) is 4.32. The Balaban J connectivity index is 1.89. The van der Waals surface area contributed by atoms with Gasteiger partial charge in [-0.3, -0.25) is 4.79 Å². The number of hydrogen-bond donors (Lipinski definition) is 1.